The van der Waals surface area contributed by atoms with E-state index in [2.05, 4.69) is 9.97 Å². The first-order valence-corrected chi connectivity index (χ1v) is 5.13. The van der Waals surface area contributed by atoms with Crippen LogP contribution in [0.4, 0.5) is 10.1 Å². The van der Waals surface area contributed by atoms with Crippen LogP contribution in [0.25, 0.3) is 0 Å². The van der Waals surface area contributed by atoms with Gasteiger partial charge in [-0.15, -0.1) is 0 Å². The molecule has 0 saturated carbocycles. The molecule has 1 heterocycles. The molecule has 0 atom stereocenters. The van der Waals surface area contributed by atoms with Crippen molar-refractivity contribution < 1.29 is 19.2 Å². The summed E-state index contributed by atoms with van der Waals surface area (Å²) in [5, 5.41) is 19.6. The van der Waals surface area contributed by atoms with Crippen LogP contribution in [-0.2, 0) is 6.61 Å². The predicted molar refractivity (Wildman–Crippen MR) is 61.1 cm³/mol. The molecule has 0 aliphatic carbocycles. The highest BCUT2D eigenvalue weighted by Gasteiger charge is 2.17. The first-order valence-electron chi connectivity index (χ1n) is 5.13. The lowest BCUT2D eigenvalue weighted by Gasteiger charge is -2.04. The lowest BCUT2D eigenvalue weighted by molar-refractivity contribution is -0.385. The number of hydrogen-bond donors (Lipinski definition) is 1. The Morgan fingerprint density at radius 1 is 1.37 bits per heavy atom. The Morgan fingerprint density at radius 2 is 2.05 bits per heavy atom. The minimum absolute atomic E-state index is 0.132. The van der Waals surface area contributed by atoms with Gasteiger partial charge in [0.2, 0.25) is 5.75 Å². The molecule has 0 saturated heterocycles. The molecular formula is C11H8FN3O4. The van der Waals surface area contributed by atoms with Gasteiger partial charge in [0.05, 0.1) is 17.6 Å². The second kappa shape index (κ2) is 5.36. The van der Waals surface area contributed by atoms with Gasteiger partial charge >= 0.3 is 11.7 Å². The molecule has 0 spiro atoms. The molecule has 2 aromatic rings. The number of aliphatic hydroxyl groups excluding tert-OH is 1. The summed E-state index contributed by atoms with van der Waals surface area (Å²) in [4.78, 5) is 17.5. The summed E-state index contributed by atoms with van der Waals surface area (Å²) < 4.78 is 18.0. The molecule has 0 unspecified atom stereocenters. The summed E-state index contributed by atoms with van der Waals surface area (Å²) in [5.74, 6) is -0.904. The van der Waals surface area contributed by atoms with Crippen molar-refractivity contribution in [3.8, 4) is 11.8 Å². The van der Waals surface area contributed by atoms with Crippen LogP contribution < -0.4 is 4.74 Å². The van der Waals surface area contributed by atoms with Crippen LogP contribution >= 0.6 is 0 Å². The number of rotatable bonds is 4. The van der Waals surface area contributed by atoms with E-state index in [0.717, 1.165) is 18.2 Å². The van der Waals surface area contributed by atoms with Crippen molar-refractivity contribution in [2.24, 2.45) is 0 Å². The zero-order valence-corrected chi connectivity index (χ0v) is 9.49. The maximum Gasteiger partial charge on any atom is 0.322 e. The molecule has 0 aliphatic heterocycles. The van der Waals surface area contributed by atoms with E-state index in [4.69, 9.17) is 9.84 Å². The predicted octanol–water partition coefficient (Wildman–Crippen LogP) is 1.81. The number of ether oxygens (including phenoxy) is 1. The molecule has 0 fully saturated rings. The SMILES string of the molecule is O=[N+]([O-])c1cc(F)ccc1Oc1ncc(CO)cn1. The van der Waals surface area contributed by atoms with Crippen LogP contribution in [0.1, 0.15) is 5.56 Å². The Hall–Kier alpha value is -2.61. The van der Waals surface area contributed by atoms with E-state index in [1.807, 2.05) is 0 Å². The molecule has 8 heteroatoms. The van der Waals surface area contributed by atoms with Crippen LogP contribution in [0, 0.1) is 15.9 Å². The second-order valence-electron chi connectivity index (χ2n) is 3.50. The monoisotopic (exact) mass is 265 g/mol. The van der Waals surface area contributed by atoms with Crippen molar-refractivity contribution in [2.45, 2.75) is 6.61 Å². The van der Waals surface area contributed by atoms with Crippen LogP contribution in [0.15, 0.2) is 30.6 Å². The van der Waals surface area contributed by atoms with E-state index < -0.39 is 16.4 Å². The third-order valence-corrected chi connectivity index (χ3v) is 2.18. The van der Waals surface area contributed by atoms with E-state index in [-0.39, 0.29) is 18.4 Å². The summed E-state index contributed by atoms with van der Waals surface area (Å²) in [7, 11) is 0. The highest BCUT2D eigenvalue weighted by molar-refractivity contribution is 5.47. The summed E-state index contributed by atoms with van der Waals surface area (Å²) in [6, 6.07) is 2.77. The molecule has 19 heavy (non-hydrogen) atoms. The van der Waals surface area contributed by atoms with Crippen molar-refractivity contribution in [3.63, 3.8) is 0 Å². The van der Waals surface area contributed by atoms with Gasteiger partial charge in [0.15, 0.2) is 0 Å². The van der Waals surface area contributed by atoms with Crippen molar-refractivity contribution in [2.75, 3.05) is 0 Å². The van der Waals surface area contributed by atoms with Crippen LogP contribution in [0.2, 0.25) is 0 Å². The van der Waals surface area contributed by atoms with E-state index in [0.29, 0.717) is 5.56 Å². The largest absolute Gasteiger partial charge is 0.417 e. The minimum atomic E-state index is -0.763. The smallest absolute Gasteiger partial charge is 0.322 e. The average molecular weight is 265 g/mol. The number of hydrogen-bond acceptors (Lipinski definition) is 6. The van der Waals surface area contributed by atoms with Gasteiger partial charge in [0.1, 0.15) is 5.82 Å². The zero-order valence-electron chi connectivity index (χ0n) is 9.49. The highest BCUT2D eigenvalue weighted by atomic mass is 19.1. The van der Waals surface area contributed by atoms with Crippen molar-refractivity contribution in [3.05, 3.63) is 52.1 Å². The number of nitro benzene ring substituents is 1. The first-order chi connectivity index (χ1) is 9.10. The van der Waals surface area contributed by atoms with Crippen molar-refractivity contribution >= 4 is 5.69 Å². The molecule has 7 nitrogen and oxygen atoms in total. The lowest BCUT2D eigenvalue weighted by Crippen LogP contribution is -1.97. The van der Waals surface area contributed by atoms with E-state index in [1.165, 1.54) is 12.4 Å². The zero-order chi connectivity index (χ0) is 13.8. The molecular weight excluding hydrogens is 257 g/mol. The van der Waals surface area contributed by atoms with Crippen LogP contribution in [0.3, 0.4) is 0 Å². The number of aromatic nitrogens is 2. The fourth-order valence-corrected chi connectivity index (χ4v) is 1.30. The molecule has 1 aromatic heterocycles. The van der Waals surface area contributed by atoms with Gasteiger partial charge in [0.25, 0.3) is 0 Å². The standard InChI is InChI=1S/C11H8FN3O4/c12-8-1-2-10(9(3-8)15(17)18)19-11-13-4-7(6-16)5-14-11/h1-5,16H,6H2. The van der Waals surface area contributed by atoms with Gasteiger partial charge in [-0.1, -0.05) is 0 Å². The van der Waals surface area contributed by atoms with Crippen LogP contribution in [0.5, 0.6) is 11.8 Å². The highest BCUT2D eigenvalue weighted by Crippen LogP contribution is 2.30. The Balaban J connectivity index is 2.29. The van der Waals surface area contributed by atoms with Gasteiger partial charge in [0, 0.05) is 18.0 Å². The summed E-state index contributed by atoms with van der Waals surface area (Å²) in [6.45, 7) is -0.225. The summed E-state index contributed by atoms with van der Waals surface area (Å²) in [6.07, 6.45) is 2.63. The van der Waals surface area contributed by atoms with E-state index >= 15 is 0 Å². The topological polar surface area (TPSA) is 98.4 Å². The summed E-state index contributed by atoms with van der Waals surface area (Å²) in [5.41, 5.74) is -0.0456. The van der Waals surface area contributed by atoms with E-state index in [9.17, 15) is 14.5 Å². The number of nitrogens with zero attached hydrogens (tertiary/aromatic N) is 3. The van der Waals surface area contributed by atoms with Gasteiger partial charge in [-0.3, -0.25) is 10.1 Å². The maximum absolute atomic E-state index is 12.9. The number of nitro groups is 1. The normalized spacial score (nSPS) is 10.2. The van der Waals surface area contributed by atoms with Crippen molar-refractivity contribution in [1.82, 2.24) is 9.97 Å². The Labute approximate surface area is 106 Å². The van der Waals surface area contributed by atoms with Gasteiger partial charge in [-0.2, -0.15) is 0 Å². The fourth-order valence-electron chi connectivity index (χ4n) is 1.30. The first kappa shape index (κ1) is 12.8. The number of halogens is 1. The average Bonchev–Trinajstić information content (AvgIpc) is 2.41. The van der Waals surface area contributed by atoms with Gasteiger partial charge in [-0.05, 0) is 12.1 Å². The quantitative estimate of drug-likeness (QED) is 0.668. The van der Waals surface area contributed by atoms with Gasteiger partial charge in [-0.25, -0.2) is 14.4 Å². The molecule has 1 aromatic carbocycles. The van der Waals surface area contributed by atoms with Gasteiger partial charge < -0.3 is 9.84 Å². The molecule has 98 valence electrons. The maximum atomic E-state index is 12.9. The molecule has 0 bridgehead atoms. The molecule has 0 radical (unpaired) electrons. The van der Waals surface area contributed by atoms with Crippen LogP contribution in [-0.4, -0.2) is 20.0 Å². The third kappa shape index (κ3) is 2.99. The Kier molecular flexibility index (Phi) is 3.62. The Bertz CT molecular complexity index is 603. The number of aliphatic hydroxyl groups is 1. The van der Waals surface area contributed by atoms with Crippen molar-refractivity contribution in [1.29, 1.82) is 0 Å². The lowest BCUT2D eigenvalue weighted by atomic mass is 10.3. The molecule has 0 aliphatic rings. The molecule has 1 N–H and O–H groups in total. The Morgan fingerprint density at radius 3 is 2.63 bits per heavy atom. The molecule has 0 amide bonds. The fraction of sp³-hybridized carbons (Fsp3) is 0.0909. The number of benzene rings is 1. The van der Waals surface area contributed by atoms with E-state index in [1.54, 1.807) is 0 Å². The third-order valence-electron chi connectivity index (χ3n) is 2.18. The second-order valence-corrected chi connectivity index (χ2v) is 3.50. The molecule has 2 rings (SSSR count). The summed E-state index contributed by atoms with van der Waals surface area (Å²) >= 11 is 0. The minimum Gasteiger partial charge on any atom is -0.417 e.